The summed E-state index contributed by atoms with van der Waals surface area (Å²) in [5.41, 5.74) is 3.72. The van der Waals surface area contributed by atoms with Gasteiger partial charge in [0.25, 0.3) is 6.43 Å². The van der Waals surface area contributed by atoms with Gasteiger partial charge in [-0.3, -0.25) is 10.1 Å². The smallest absolute Gasteiger partial charge is 0.280 e. The summed E-state index contributed by atoms with van der Waals surface area (Å²) < 4.78 is 27.3. The predicted molar refractivity (Wildman–Crippen MR) is 66.4 cm³/mol. The van der Waals surface area contributed by atoms with Crippen LogP contribution >= 0.6 is 0 Å². The van der Waals surface area contributed by atoms with E-state index in [1.807, 2.05) is 13.8 Å². The Morgan fingerprint density at radius 2 is 2.16 bits per heavy atom. The first-order chi connectivity index (χ1) is 9.06. The van der Waals surface area contributed by atoms with E-state index < -0.39 is 6.43 Å². The van der Waals surface area contributed by atoms with Crippen LogP contribution in [0.3, 0.4) is 0 Å². The second-order valence-corrected chi connectivity index (χ2v) is 3.91. The van der Waals surface area contributed by atoms with Crippen LogP contribution in [0.15, 0.2) is 12.3 Å². The maximum absolute atomic E-state index is 12.8. The van der Waals surface area contributed by atoms with Crippen molar-refractivity contribution in [3.05, 3.63) is 23.7 Å². The van der Waals surface area contributed by atoms with Crippen LogP contribution in [-0.4, -0.2) is 19.7 Å². The van der Waals surface area contributed by atoms with Crippen LogP contribution in [-0.2, 0) is 6.54 Å². The van der Waals surface area contributed by atoms with Gasteiger partial charge in [0.2, 0.25) is 5.95 Å². The Morgan fingerprint density at radius 3 is 2.68 bits per heavy atom. The summed E-state index contributed by atoms with van der Waals surface area (Å²) in [5.74, 6) is 5.15. The Kier molecular flexibility index (Phi) is 3.70. The largest absolute Gasteiger partial charge is 0.292 e. The summed E-state index contributed by atoms with van der Waals surface area (Å²) in [7, 11) is 0. The van der Waals surface area contributed by atoms with Crippen LogP contribution in [0.4, 0.5) is 14.7 Å². The number of alkyl halides is 2. The highest BCUT2D eigenvalue weighted by Crippen LogP contribution is 2.26. The molecule has 2 aromatic heterocycles. The van der Waals surface area contributed by atoms with Crippen molar-refractivity contribution in [3.8, 4) is 11.3 Å². The molecule has 0 aliphatic rings. The van der Waals surface area contributed by atoms with Crippen molar-refractivity contribution in [1.29, 1.82) is 0 Å². The zero-order valence-corrected chi connectivity index (χ0v) is 10.6. The Balaban J connectivity index is 2.54. The van der Waals surface area contributed by atoms with Gasteiger partial charge in [0, 0.05) is 17.8 Å². The number of anilines is 1. The van der Waals surface area contributed by atoms with Crippen LogP contribution < -0.4 is 11.3 Å². The van der Waals surface area contributed by atoms with Gasteiger partial charge in [-0.25, -0.2) is 24.6 Å². The summed E-state index contributed by atoms with van der Waals surface area (Å²) in [4.78, 5) is 7.69. The Morgan fingerprint density at radius 1 is 1.42 bits per heavy atom. The molecule has 0 aliphatic carbocycles. The SMILES string of the molecule is CCn1ncc(-c2cc(C(F)F)nc(NN)n2)c1C. The third kappa shape index (κ3) is 2.53. The van der Waals surface area contributed by atoms with E-state index in [0.717, 1.165) is 5.69 Å². The van der Waals surface area contributed by atoms with Crippen molar-refractivity contribution in [2.24, 2.45) is 5.84 Å². The molecule has 0 aliphatic heterocycles. The van der Waals surface area contributed by atoms with Gasteiger partial charge in [-0.15, -0.1) is 0 Å². The van der Waals surface area contributed by atoms with Crippen LogP contribution in [0.5, 0.6) is 0 Å². The summed E-state index contributed by atoms with van der Waals surface area (Å²) in [6.07, 6.45) is -1.09. The van der Waals surface area contributed by atoms with Crippen LogP contribution in [0, 0.1) is 6.92 Å². The molecule has 0 unspecified atom stereocenters. The van der Waals surface area contributed by atoms with Gasteiger partial charge >= 0.3 is 0 Å². The normalized spacial score (nSPS) is 11.1. The van der Waals surface area contributed by atoms with E-state index in [1.54, 1.807) is 10.9 Å². The van der Waals surface area contributed by atoms with Gasteiger partial charge in [0.05, 0.1) is 11.9 Å². The molecule has 2 heterocycles. The average molecular weight is 268 g/mol. The highest BCUT2D eigenvalue weighted by atomic mass is 19.3. The second kappa shape index (κ2) is 5.27. The fourth-order valence-electron chi connectivity index (χ4n) is 1.80. The summed E-state index contributed by atoms with van der Waals surface area (Å²) in [6, 6.07) is 1.25. The van der Waals surface area contributed by atoms with Crippen molar-refractivity contribution in [2.45, 2.75) is 26.8 Å². The topological polar surface area (TPSA) is 81.7 Å². The maximum Gasteiger partial charge on any atom is 0.280 e. The first kappa shape index (κ1) is 13.3. The quantitative estimate of drug-likeness (QED) is 0.653. The van der Waals surface area contributed by atoms with Gasteiger partial charge in [0.1, 0.15) is 5.69 Å². The number of hydrogen-bond donors (Lipinski definition) is 2. The van der Waals surface area contributed by atoms with E-state index in [4.69, 9.17) is 5.84 Å². The lowest BCUT2D eigenvalue weighted by Gasteiger charge is -2.07. The van der Waals surface area contributed by atoms with Gasteiger partial charge < -0.3 is 0 Å². The molecule has 2 aromatic rings. The molecule has 0 saturated carbocycles. The molecule has 0 amide bonds. The van der Waals surface area contributed by atoms with Crippen LogP contribution in [0.2, 0.25) is 0 Å². The van der Waals surface area contributed by atoms with E-state index in [2.05, 4.69) is 20.5 Å². The third-order valence-corrected chi connectivity index (χ3v) is 2.78. The van der Waals surface area contributed by atoms with Crippen molar-refractivity contribution in [2.75, 3.05) is 5.43 Å². The van der Waals surface area contributed by atoms with Crippen molar-refractivity contribution >= 4 is 5.95 Å². The number of rotatable bonds is 4. The molecule has 0 bridgehead atoms. The number of nitrogens with zero attached hydrogens (tertiary/aromatic N) is 4. The zero-order valence-electron chi connectivity index (χ0n) is 10.6. The van der Waals surface area contributed by atoms with E-state index in [-0.39, 0.29) is 11.6 Å². The van der Waals surface area contributed by atoms with Gasteiger partial charge in [-0.2, -0.15) is 5.10 Å². The lowest BCUT2D eigenvalue weighted by atomic mass is 10.1. The maximum atomic E-state index is 12.8. The molecule has 102 valence electrons. The number of nitrogen functional groups attached to an aromatic ring is 1. The Bertz CT molecular complexity index is 581. The first-order valence-electron chi connectivity index (χ1n) is 5.73. The summed E-state index contributed by atoms with van der Waals surface area (Å²) in [5, 5.41) is 4.16. The van der Waals surface area contributed by atoms with E-state index >= 15 is 0 Å². The minimum absolute atomic E-state index is 0.0450. The molecule has 2 rings (SSSR count). The number of nitrogens with two attached hydrogens (primary N) is 1. The molecule has 8 heteroatoms. The summed E-state index contributed by atoms with van der Waals surface area (Å²) >= 11 is 0. The van der Waals surface area contributed by atoms with Crippen LogP contribution in [0.1, 0.15) is 24.7 Å². The van der Waals surface area contributed by atoms with Crippen molar-refractivity contribution < 1.29 is 8.78 Å². The number of hydrazine groups is 1. The molecular weight excluding hydrogens is 254 g/mol. The van der Waals surface area contributed by atoms with E-state index in [1.165, 1.54) is 6.07 Å². The lowest BCUT2D eigenvalue weighted by molar-refractivity contribution is 0.146. The van der Waals surface area contributed by atoms with Gasteiger partial charge in [0.15, 0.2) is 0 Å². The van der Waals surface area contributed by atoms with E-state index in [0.29, 0.717) is 17.8 Å². The summed E-state index contributed by atoms with van der Waals surface area (Å²) in [6.45, 7) is 4.49. The number of aromatic nitrogens is 4. The highest BCUT2D eigenvalue weighted by Gasteiger charge is 2.16. The van der Waals surface area contributed by atoms with Crippen LogP contribution in [0.25, 0.3) is 11.3 Å². The standard InChI is InChI=1S/C11H14F2N6/c1-3-19-6(2)7(5-15-19)8-4-9(10(12)13)17-11(16-8)18-14/h4-5,10H,3,14H2,1-2H3,(H,16,17,18). The number of nitrogens with one attached hydrogen (secondary N) is 1. The molecular formula is C11H14F2N6. The molecule has 0 spiro atoms. The zero-order chi connectivity index (χ0) is 14.0. The molecule has 0 aromatic carbocycles. The Hall–Kier alpha value is -2.09. The molecule has 0 radical (unpaired) electrons. The minimum Gasteiger partial charge on any atom is -0.292 e. The fourth-order valence-corrected chi connectivity index (χ4v) is 1.80. The number of hydrogen-bond acceptors (Lipinski definition) is 5. The molecule has 6 nitrogen and oxygen atoms in total. The van der Waals surface area contributed by atoms with Gasteiger partial charge in [-0.1, -0.05) is 0 Å². The van der Waals surface area contributed by atoms with Crippen molar-refractivity contribution in [3.63, 3.8) is 0 Å². The lowest BCUT2D eigenvalue weighted by Crippen LogP contribution is -2.12. The molecule has 0 saturated heterocycles. The number of aryl methyl sites for hydroxylation is 1. The average Bonchev–Trinajstić information content (AvgIpc) is 2.79. The van der Waals surface area contributed by atoms with E-state index in [9.17, 15) is 8.78 Å². The second-order valence-electron chi connectivity index (χ2n) is 3.91. The molecule has 0 fully saturated rings. The molecule has 0 atom stereocenters. The third-order valence-electron chi connectivity index (χ3n) is 2.78. The molecule has 19 heavy (non-hydrogen) atoms. The molecule has 3 N–H and O–H groups in total. The van der Waals surface area contributed by atoms with Crippen molar-refractivity contribution in [1.82, 2.24) is 19.7 Å². The predicted octanol–water partition coefficient (Wildman–Crippen LogP) is 1.89. The fraction of sp³-hybridized carbons (Fsp3) is 0.364. The minimum atomic E-state index is -2.68. The first-order valence-corrected chi connectivity index (χ1v) is 5.73. The monoisotopic (exact) mass is 268 g/mol. The Labute approximate surface area is 108 Å². The number of halogens is 2. The van der Waals surface area contributed by atoms with Gasteiger partial charge in [-0.05, 0) is 19.9 Å². The highest BCUT2D eigenvalue weighted by molar-refractivity contribution is 5.62.